The van der Waals surface area contributed by atoms with Crippen LogP contribution in [0.4, 0.5) is 5.82 Å². The number of aryl methyl sites for hydroxylation is 2. The SMILES string of the molecule is CC[C@@H]1CN(c2nc(=O)n(C)c3c2nc(C)n3C[C@@H]2CCCO2)[C@@H](C)CN1[C@@H](CC)c1ccc(Cl)cc1. The van der Waals surface area contributed by atoms with Gasteiger partial charge in [-0.2, -0.15) is 4.98 Å². The first-order valence-electron chi connectivity index (χ1n) is 13.7. The van der Waals surface area contributed by atoms with Crippen LogP contribution in [-0.4, -0.2) is 61.9 Å². The Balaban J connectivity index is 1.50. The van der Waals surface area contributed by atoms with E-state index in [1.165, 1.54) is 5.56 Å². The molecule has 0 saturated carbocycles. The Morgan fingerprint density at radius 1 is 1.16 bits per heavy atom. The predicted octanol–water partition coefficient (Wildman–Crippen LogP) is 4.71. The summed E-state index contributed by atoms with van der Waals surface area (Å²) < 4.78 is 9.69. The first kappa shape index (κ1) is 26.2. The van der Waals surface area contributed by atoms with Crippen LogP contribution in [0, 0.1) is 6.92 Å². The summed E-state index contributed by atoms with van der Waals surface area (Å²) in [5, 5.41) is 0.763. The summed E-state index contributed by atoms with van der Waals surface area (Å²) in [6.07, 6.45) is 4.30. The van der Waals surface area contributed by atoms with Crippen LogP contribution in [0.25, 0.3) is 11.2 Å². The fraction of sp³-hybridized carbons (Fsp3) is 0.607. The summed E-state index contributed by atoms with van der Waals surface area (Å²) in [4.78, 5) is 27.6. The number of hydrogen-bond donors (Lipinski definition) is 0. The molecule has 3 aromatic rings. The molecule has 2 fully saturated rings. The van der Waals surface area contributed by atoms with Crippen molar-refractivity contribution in [3.05, 3.63) is 51.2 Å². The zero-order chi connectivity index (χ0) is 26.3. The molecule has 1 aromatic carbocycles. The van der Waals surface area contributed by atoms with Gasteiger partial charge in [-0.25, -0.2) is 9.78 Å². The summed E-state index contributed by atoms with van der Waals surface area (Å²) in [6, 6.07) is 9.08. The van der Waals surface area contributed by atoms with E-state index in [9.17, 15) is 4.79 Å². The van der Waals surface area contributed by atoms with Gasteiger partial charge in [-0.3, -0.25) is 9.47 Å². The third-order valence-corrected chi connectivity index (χ3v) is 8.48. The molecule has 9 heteroatoms. The van der Waals surface area contributed by atoms with Crippen LogP contribution >= 0.6 is 11.6 Å². The molecular weight excluding hydrogens is 488 g/mol. The van der Waals surface area contributed by atoms with Gasteiger partial charge in [-0.1, -0.05) is 37.6 Å². The third-order valence-electron chi connectivity index (χ3n) is 8.23. The molecule has 8 nitrogen and oxygen atoms in total. The van der Waals surface area contributed by atoms with Gasteiger partial charge in [0.15, 0.2) is 5.82 Å². The van der Waals surface area contributed by atoms with Crippen molar-refractivity contribution in [2.75, 3.05) is 24.6 Å². The van der Waals surface area contributed by atoms with Crippen LogP contribution in [0.3, 0.4) is 0 Å². The summed E-state index contributed by atoms with van der Waals surface area (Å²) >= 11 is 6.17. The lowest BCUT2D eigenvalue weighted by Crippen LogP contribution is -2.58. The Morgan fingerprint density at radius 3 is 2.57 bits per heavy atom. The number of anilines is 1. The average molecular weight is 527 g/mol. The number of aromatic nitrogens is 4. The molecule has 0 N–H and O–H groups in total. The van der Waals surface area contributed by atoms with Gasteiger partial charge in [-0.05, 0) is 57.2 Å². The van der Waals surface area contributed by atoms with Gasteiger partial charge in [0.05, 0.1) is 12.6 Å². The number of halogens is 1. The highest BCUT2D eigenvalue weighted by Gasteiger charge is 2.37. The lowest BCUT2D eigenvalue weighted by Gasteiger charge is -2.48. The maximum absolute atomic E-state index is 13.1. The third kappa shape index (κ3) is 4.91. The zero-order valence-corrected chi connectivity index (χ0v) is 23.4. The first-order chi connectivity index (χ1) is 17.8. The monoisotopic (exact) mass is 526 g/mol. The highest BCUT2D eigenvalue weighted by Crippen LogP contribution is 2.35. The largest absolute Gasteiger partial charge is 0.376 e. The quantitative estimate of drug-likeness (QED) is 0.444. The van der Waals surface area contributed by atoms with Gasteiger partial charge in [0.25, 0.3) is 0 Å². The molecule has 37 heavy (non-hydrogen) atoms. The molecule has 0 bridgehead atoms. The molecule has 200 valence electrons. The minimum Gasteiger partial charge on any atom is -0.376 e. The Morgan fingerprint density at radius 2 is 1.92 bits per heavy atom. The van der Waals surface area contributed by atoms with E-state index in [-0.39, 0.29) is 17.8 Å². The van der Waals surface area contributed by atoms with Crippen LogP contribution in [0.1, 0.15) is 63.9 Å². The van der Waals surface area contributed by atoms with Crippen LogP contribution in [0.5, 0.6) is 0 Å². The average Bonchev–Trinajstić information content (AvgIpc) is 3.52. The molecule has 4 heterocycles. The van der Waals surface area contributed by atoms with Crippen molar-refractivity contribution < 1.29 is 4.74 Å². The van der Waals surface area contributed by atoms with Gasteiger partial charge in [0.1, 0.15) is 17.0 Å². The highest BCUT2D eigenvalue weighted by atomic mass is 35.5. The Kier molecular flexibility index (Phi) is 7.61. The van der Waals surface area contributed by atoms with Gasteiger partial charge in [0.2, 0.25) is 0 Å². The minimum atomic E-state index is -0.244. The fourth-order valence-electron chi connectivity index (χ4n) is 6.21. The smallest absolute Gasteiger partial charge is 0.350 e. The lowest BCUT2D eigenvalue weighted by atomic mass is 9.96. The number of piperazine rings is 1. The van der Waals surface area contributed by atoms with E-state index in [4.69, 9.17) is 21.3 Å². The fourth-order valence-corrected chi connectivity index (χ4v) is 6.34. The van der Waals surface area contributed by atoms with Gasteiger partial charge in [-0.15, -0.1) is 0 Å². The summed E-state index contributed by atoms with van der Waals surface area (Å²) in [5.41, 5.74) is 2.69. The predicted molar refractivity (Wildman–Crippen MR) is 149 cm³/mol. The van der Waals surface area contributed by atoms with E-state index in [0.29, 0.717) is 24.4 Å². The maximum Gasteiger partial charge on any atom is 0.350 e. The Labute approximate surface area is 224 Å². The normalized spacial score (nSPS) is 23.7. The molecule has 0 spiro atoms. The summed E-state index contributed by atoms with van der Waals surface area (Å²) in [5.74, 6) is 1.60. The van der Waals surface area contributed by atoms with Crippen LogP contribution in [0.15, 0.2) is 29.1 Å². The molecule has 0 unspecified atom stereocenters. The molecule has 2 aliphatic rings. The van der Waals surface area contributed by atoms with E-state index in [0.717, 1.165) is 67.4 Å². The van der Waals surface area contributed by atoms with Crippen molar-refractivity contribution >= 4 is 28.6 Å². The molecule has 2 aliphatic heterocycles. The van der Waals surface area contributed by atoms with Crippen molar-refractivity contribution in [2.24, 2.45) is 7.05 Å². The molecule has 2 saturated heterocycles. The molecule has 2 aromatic heterocycles. The second-order valence-corrected chi connectivity index (χ2v) is 11.0. The Bertz CT molecular complexity index is 1300. The van der Waals surface area contributed by atoms with Gasteiger partial charge >= 0.3 is 5.69 Å². The van der Waals surface area contributed by atoms with Crippen molar-refractivity contribution in [3.8, 4) is 0 Å². The minimum absolute atomic E-state index is 0.161. The zero-order valence-electron chi connectivity index (χ0n) is 22.7. The maximum atomic E-state index is 13.1. The van der Waals surface area contributed by atoms with Crippen LogP contribution < -0.4 is 10.6 Å². The molecule has 0 amide bonds. The number of nitrogens with zero attached hydrogens (tertiary/aromatic N) is 6. The first-order valence-corrected chi connectivity index (χ1v) is 14.0. The lowest BCUT2D eigenvalue weighted by molar-refractivity contribution is 0.0939. The number of rotatable bonds is 7. The molecule has 5 rings (SSSR count). The van der Waals surface area contributed by atoms with Crippen molar-refractivity contribution in [1.82, 2.24) is 24.0 Å². The van der Waals surface area contributed by atoms with E-state index in [1.807, 2.05) is 19.1 Å². The molecular formula is C28H39ClN6O2. The number of ether oxygens (including phenoxy) is 1. The second kappa shape index (κ2) is 10.8. The number of hydrogen-bond acceptors (Lipinski definition) is 6. The van der Waals surface area contributed by atoms with E-state index in [2.05, 4.69) is 52.3 Å². The summed E-state index contributed by atoms with van der Waals surface area (Å²) in [6.45, 7) is 11.9. The van der Waals surface area contributed by atoms with E-state index >= 15 is 0 Å². The standard InChI is InChI=1S/C28H39ClN6O2/c1-6-22-16-33(18(3)15-35(22)24(7-2)20-10-12-21(29)13-11-20)26-25-27(32(5)28(36)31-26)34(19(4)30-25)17-23-9-8-14-37-23/h10-13,18,22-24H,6-9,14-17H2,1-5H3/t18-,22+,23-,24-/m0/s1. The number of imidazole rings is 1. The highest BCUT2D eigenvalue weighted by molar-refractivity contribution is 6.30. The van der Waals surface area contributed by atoms with Crippen molar-refractivity contribution in [2.45, 2.75) is 84.2 Å². The number of benzene rings is 1. The van der Waals surface area contributed by atoms with Gasteiger partial charge < -0.3 is 14.2 Å². The molecule has 0 radical (unpaired) electrons. The topological polar surface area (TPSA) is 68.4 Å². The molecule has 4 atom stereocenters. The number of fused-ring (bicyclic) bond motifs is 1. The van der Waals surface area contributed by atoms with Crippen molar-refractivity contribution in [3.63, 3.8) is 0 Å². The van der Waals surface area contributed by atoms with Gasteiger partial charge in [0, 0.05) is 49.9 Å². The second-order valence-electron chi connectivity index (χ2n) is 10.6. The van der Waals surface area contributed by atoms with Crippen LogP contribution in [-0.2, 0) is 18.3 Å². The molecule has 0 aliphatic carbocycles. The van der Waals surface area contributed by atoms with E-state index in [1.54, 1.807) is 11.6 Å². The van der Waals surface area contributed by atoms with Crippen LogP contribution in [0.2, 0.25) is 5.02 Å². The van der Waals surface area contributed by atoms with Crippen molar-refractivity contribution in [1.29, 1.82) is 0 Å². The Hall–Kier alpha value is -2.42. The van der Waals surface area contributed by atoms with E-state index < -0.39 is 0 Å². The summed E-state index contributed by atoms with van der Waals surface area (Å²) in [7, 11) is 1.79.